The molecule has 14 nitrogen and oxygen atoms in total. The predicted molar refractivity (Wildman–Crippen MR) is 203 cm³/mol. The van der Waals surface area contributed by atoms with Gasteiger partial charge in [0.15, 0.2) is 5.82 Å². The van der Waals surface area contributed by atoms with Crippen molar-refractivity contribution < 1.29 is 28.7 Å². The van der Waals surface area contributed by atoms with Crippen LogP contribution in [0.4, 0.5) is 21.6 Å². The molecule has 7 heterocycles. The Bertz CT molecular complexity index is 2020. The lowest BCUT2D eigenvalue weighted by molar-refractivity contribution is -0.136. The fourth-order valence-electron chi connectivity index (χ4n) is 9.44. The number of nitrogens with one attached hydrogen (secondary N) is 2. The third-order valence-electron chi connectivity index (χ3n) is 12.5. The number of phenolic OH excluding ortho intramolecular Hbond substituents is 1. The van der Waals surface area contributed by atoms with Crippen LogP contribution in [0.1, 0.15) is 52.8 Å². The second-order valence-electron chi connectivity index (χ2n) is 15.9. The van der Waals surface area contributed by atoms with Crippen LogP contribution in [0.5, 0.6) is 5.75 Å². The maximum absolute atomic E-state index is 15.8. The number of aromatic nitrogens is 2. The Balaban J connectivity index is 0.745. The van der Waals surface area contributed by atoms with Crippen LogP contribution < -0.4 is 20.4 Å². The van der Waals surface area contributed by atoms with Gasteiger partial charge >= 0.3 is 0 Å². The van der Waals surface area contributed by atoms with Crippen molar-refractivity contribution in [1.29, 1.82) is 0 Å². The van der Waals surface area contributed by atoms with Crippen LogP contribution in [0.2, 0.25) is 0 Å². The first-order valence-electron chi connectivity index (χ1n) is 19.6. The average Bonchev–Trinajstić information content (AvgIpc) is 3.44. The van der Waals surface area contributed by atoms with E-state index in [-0.39, 0.29) is 42.2 Å². The first-order chi connectivity index (χ1) is 26.7. The molecule has 0 aliphatic carbocycles. The number of fused-ring (bicyclic) bond motifs is 4. The second kappa shape index (κ2) is 14.5. The van der Waals surface area contributed by atoms with Crippen molar-refractivity contribution in [3.63, 3.8) is 0 Å². The first-order valence-corrected chi connectivity index (χ1v) is 19.6. The fourth-order valence-corrected chi connectivity index (χ4v) is 9.44. The van der Waals surface area contributed by atoms with Crippen molar-refractivity contribution in [2.24, 2.45) is 11.8 Å². The number of piperazine rings is 1. The van der Waals surface area contributed by atoms with Crippen molar-refractivity contribution in [2.45, 2.75) is 50.4 Å². The molecule has 55 heavy (non-hydrogen) atoms. The molecular formula is C40H46FN9O5. The highest BCUT2D eigenvalue weighted by Gasteiger charge is 2.45. The number of nitrogens with zero attached hydrogens (tertiary/aromatic N) is 7. The Hall–Kier alpha value is -5.15. The van der Waals surface area contributed by atoms with Gasteiger partial charge in [-0.2, -0.15) is 0 Å². The minimum absolute atomic E-state index is 0.0642. The van der Waals surface area contributed by atoms with Crippen LogP contribution in [0.25, 0.3) is 11.3 Å². The van der Waals surface area contributed by atoms with Gasteiger partial charge in [-0.25, -0.2) is 4.39 Å². The molecule has 288 valence electrons. The number of hydrogen-bond donors (Lipinski definition) is 3. The van der Waals surface area contributed by atoms with Crippen LogP contribution in [0, 0.1) is 11.8 Å². The van der Waals surface area contributed by atoms with Gasteiger partial charge in [-0.15, -0.1) is 10.2 Å². The highest BCUT2D eigenvalue weighted by atomic mass is 19.1. The molecular weight excluding hydrogens is 705 g/mol. The highest BCUT2D eigenvalue weighted by molar-refractivity contribution is 6.23. The topological polar surface area (TPSA) is 155 Å². The molecule has 9 rings (SSSR count). The zero-order valence-corrected chi connectivity index (χ0v) is 30.7. The van der Waals surface area contributed by atoms with Gasteiger partial charge in [-0.3, -0.25) is 34.3 Å². The summed E-state index contributed by atoms with van der Waals surface area (Å²) in [4.78, 5) is 60.8. The summed E-state index contributed by atoms with van der Waals surface area (Å²) in [5.41, 5.74) is 3.50. The molecule has 4 atom stereocenters. The minimum Gasteiger partial charge on any atom is -0.507 e. The number of imide groups is 2. The smallest absolute Gasteiger partial charge is 0.262 e. The van der Waals surface area contributed by atoms with Gasteiger partial charge in [0.1, 0.15) is 18.0 Å². The Labute approximate surface area is 318 Å². The van der Waals surface area contributed by atoms with E-state index in [4.69, 9.17) is 0 Å². The quantitative estimate of drug-likeness (QED) is 0.304. The van der Waals surface area contributed by atoms with E-state index in [0.29, 0.717) is 41.9 Å². The number of carbonyl (C=O) groups is 4. The first kappa shape index (κ1) is 35.5. The van der Waals surface area contributed by atoms with Crippen LogP contribution in [-0.2, 0) is 9.59 Å². The SMILES string of the molecule is O=C1CCC(N2C(=O)c3ccc(N4CC[C@H](CN5CCC(CN6CCN7c8cc(-c9ccccc9O)nnc8NC[C@H]7C6)CC5)[C@H](F)C4)cc3C2=O)C(=O)N1. The molecule has 0 saturated carbocycles. The maximum atomic E-state index is 15.8. The van der Waals surface area contributed by atoms with Gasteiger partial charge in [0.25, 0.3) is 11.8 Å². The molecule has 4 fully saturated rings. The van der Waals surface area contributed by atoms with Crippen molar-refractivity contribution in [1.82, 2.24) is 30.2 Å². The number of amides is 4. The summed E-state index contributed by atoms with van der Waals surface area (Å²) < 4.78 is 15.8. The monoisotopic (exact) mass is 751 g/mol. The number of benzene rings is 2. The third kappa shape index (κ3) is 6.77. The summed E-state index contributed by atoms with van der Waals surface area (Å²) in [5, 5.41) is 24.9. The molecule has 3 aromatic rings. The Morgan fingerprint density at radius 3 is 2.42 bits per heavy atom. The zero-order valence-electron chi connectivity index (χ0n) is 30.7. The molecule has 6 aliphatic rings. The number of likely N-dealkylation sites (tertiary alicyclic amines) is 1. The Morgan fingerprint density at radius 2 is 1.62 bits per heavy atom. The van der Waals surface area contributed by atoms with Crippen molar-refractivity contribution >= 4 is 40.8 Å². The lowest BCUT2D eigenvalue weighted by Crippen LogP contribution is -2.58. The lowest BCUT2D eigenvalue weighted by atomic mass is 9.91. The highest BCUT2D eigenvalue weighted by Crippen LogP contribution is 2.37. The van der Waals surface area contributed by atoms with Gasteiger partial charge in [-0.1, -0.05) is 12.1 Å². The van der Waals surface area contributed by atoms with Gasteiger partial charge in [-0.05, 0) is 81.1 Å². The number of phenols is 1. The van der Waals surface area contributed by atoms with Crippen LogP contribution in [-0.4, -0.2) is 137 Å². The van der Waals surface area contributed by atoms with Crippen molar-refractivity contribution in [3.8, 4) is 17.0 Å². The zero-order chi connectivity index (χ0) is 37.8. The molecule has 2 aromatic carbocycles. The third-order valence-corrected chi connectivity index (χ3v) is 12.5. The molecule has 4 amide bonds. The van der Waals surface area contributed by atoms with E-state index in [9.17, 15) is 24.3 Å². The number of piperidine rings is 3. The molecule has 3 N–H and O–H groups in total. The number of hydrogen-bond acceptors (Lipinski definition) is 12. The van der Waals surface area contributed by atoms with Gasteiger partial charge < -0.3 is 25.1 Å². The van der Waals surface area contributed by atoms with Crippen molar-refractivity contribution in [2.75, 3.05) is 80.6 Å². The number of rotatable bonds is 7. The molecule has 1 aromatic heterocycles. The number of alkyl halides is 1. The number of carbonyl (C=O) groups excluding carboxylic acids is 4. The second-order valence-corrected chi connectivity index (χ2v) is 15.9. The van der Waals surface area contributed by atoms with Gasteiger partial charge in [0, 0.05) is 75.9 Å². The predicted octanol–water partition coefficient (Wildman–Crippen LogP) is 2.74. The molecule has 0 bridgehead atoms. The average molecular weight is 752 g/mol. The Morgan fingerprint density at radius 1 is 0.800 bits per heavy atom. The van der Waals surface area contributed by atoms with Gasteiger partial charge in [0.05, 0.1) is 28.6 Å². The van der Waals surface area contributed by atoms with E-state index in [1.165, 1.54) is 0 Å². The standard InChI is InChI=1S/C40H46FN9O5/c41-31-23-48(26-5-6-28-30(17-26)40(55)50(39(28)54)33-7-8-36(52)43-38(33)53)14-11-25(31)21-46-12-9-24(10-13-46)20-47-15-16-49-27(22-47)19-42-37-34(49)18-32(44-45-37)29-3-1-2-4-35(29)51/h1-6,17-18,24-25,27,31,33,51H,7-16,19-23H2,(H,42,45)(H,43,52,53)/t25-,27+,31-,33?/m1/s1. The van der Waals surface area contributed by atoms with Crippen LogP contribution in [0.15, 0.2) is 48.5 Å². The van der Waals surface area contributed by atoms with E-state index >= 15 is 4.39 Å². The van der Waals surface area contributed by atoms with Crippen molar-refractivity contribution in [3.05, 3.63) is 59.7 Å². The van der Waals surface area contributed by atoms with E-state index in [2.05, 4.69) is 35.5 Å². The molecule has 0 spiro atoms. The van der Waals surface area contributed by atoms with E-state index in [1.54, 1.807) is 30.3 Å². The Kier molecular flexibility index (Phi) is 9.37. The van der Waals surface area contributed by atoms with Crippen LogP contribution in [0.3, 0.4) is 0 Å². The fraction of sp³-hybridized carbons (Fsp3) is 0.500. The lowest BCUT2D eigenvalue weighted by Gasteiger charge is -2.47. The molecule has 4 saturated heterocycles. The molecule has 0 radical (unpaired) electrons. The van der Waals surface area contributed by atoms with E-state index in [1.807, 2.05) is 23.1 Å². The summed E-state index contributed by atoms with van der Waals surface area (Å²) in [6.45, 7) is 8.25. The van der Waals surface area contributed by atoms with Crippen LogP contribution >= 0.6 is 0 Å². The number of halogens is 1. The molecule has 15 heteroatoms. The minimum atomic E-state index is -1.02. The summed E-state index contributed by atoms with van der Waals surface area (Å²) in [6.07, 6.45) is 2.02. The molecule has 6 aliphatic heterocycles. The van der Waals surface area contributed by atoms with E-state index < -0.39 is 35.8 Å². The number of anilines is 3. The summed E-state index contributed by atoms with van der Waals surface area (Å²) in [7, 11) is 0. The maximum Gasteiger partial charge on any atom is 0.262 e. The largest absolute Gasteiger partial charge is 0.507 e. The number of aromatic hydroxyl groups is 1. The summed E-state index contributed by atoms with van der Waals surface area (Å²) in [6, 6.07) is 13.5. The normalized spacial score (nSPS) is 26.4. The summed E-state index contributed by atoms with van der Waals surface area (Å²) >= 11 is 0. The van der Waals surface area contributed by atoms with Gasteiger partial charge in [0.2, 0.25) is 11.8 Å². The summed E-state index contributed by atoms with van der Waals surface area (Å²) in [5.74, 6) is -0.638. The van der Waals surface area contributed by atoms with E-state index in [0.717, 1.165) is 81.6 Å². The number of para-hydroxylation sites is 1. The molecule has 1 unspecified atom stereocenters.